The van der Waals surface area contributed by atoms with Crippen LogP contribution in [0, 0.1) is 3.57 Å². The summed E-state index contributed by atoms with van der Waals surface area (Å²) >= 11 is 10.5. The van der Waals surface area contributed by atoms with Crippen molar-refractivity contribution in [3.05, 3.63) is 50.4 Å². The maximum atomic E-state index is 13.1. The number of ether oxygens (including phenoxy) is 3. The molecule has 0 aromatic heterocycles. The SMILES string of the molecule is CCOc1cc(/C=C2/SC(=S)N(c3cccc(SC)c3)C2=O)cc(I)c1OCC(=O)OC. The molecule has 1 saturated heterocycles. The molecule has 0 unspecified atom stereocenters. The van der Waals surface area contributed by atoms with Crippen LogP contribution in [-0.2, 0) is 14.3 Å². The smallest absolute Gasteiger partial charge is 0.343 e. The van der Waals surface area contributed by atoms with Gasteiger partial charge in [-0.1, -0.05) is 30.0 Å². The van der Waals surface area contributed by atoms with E-state index in [1.165, 1.54) is 18.9 Å². The first-order valence-corrected chi connectivity index (χ1v) is 13.0. The summed E-state index contributed by atoms with van der Waals surface area (Å²) < 4.78 is 17.2. The fraction of sp³-hybridized carbons (Fsp3) is 0.227. The van der Waals surface area contributed by atoms with Gasteiger partial charge in [0, 0.05) is 4.90 Å². The Morgan fingerprint density at radius 3 is 2.75 bits per heavy atom. The van der Waals surface area contributed by atoms with E-state index in [4.69, 9.17) is 21.7 Å². The third kappa shape index (κ3) is 5.77. The van der Waals surface area contributed by atoms with Crippen LogP contribution in [0.4, 0.5) is 5.69 Å². The number of hydrogen-bond donors (Lipinski definition) is 0. The average molecular weight is 602 g/mol. The van der Waals surface area contributed by atoms with Crippen LogP contribution in [0.15, 0.2) is 46.2 Å². The van der Waals surface area contributed by atoms with E-state index in [0.29, 0.717) is 27.3 Å². The number of carbonyl (C=O) groups is 2. The zero-order valence-electron chi connectivity index (χ0n) is 17.5. The first-order valence-electron chi connectivity index (χ1n) is 9.45. The van der Waals surface area contributed by atoms with Crippen molar-refractivity contribution in [1.82, 2.24) is 0 Å². The third-order valence-electron chi connectivity index (χ3n) is 4.30. The molecule has 0 radical (unpaired) electrons. The Bertz CT molecular complexity index is 1090. The van der Waals surface area contributed by atoms with Gasteiger partial charge in [0.2, 0.25) is 0 Å². The highest BCUT2D eigenvalue weighted by molar-refractivity contribution is 14.1. The van der Waals surface area contributed by atoms with Gasteiger partial charge in [-0.2, -0.15) is 0 Å². The zero-order chi connectivity index (χ0) is 23.3. The second-order valence-electron chi connectivity index (χ2n) is 6.35. The van der Waals surface area contributed by atoms with Gasteiger partial charge < -0.3 is 14.2 Å². The van der Waals surface area contributed by atoms with Gasteiger partial charge in [0.1, 0.15) is 0 Å². The topological polar surface area (TPSA) is 65.1 Å². The molecule has 32 heavy (non-hydrogen) atoms. The molecule has 1 fully saturated rings. The largest absolute Gasteiger partial charge is 0.490 e. The van der Waals surface area contributed by atoms with Crippen molar-refractivity contribution in [2.75, 3.05) is 31.5 Å². The maximum absolute atomic E-state index is 13.1. The van der Waals surface area contributed by atoms with Gasteiger partial charge >= 0.3 is 5.97 Å². The number of rotatable bonds is 8. The van der Waals surface area contributed by atoms with E-state index >= 15 is 0 Å². The lowest BCUT2D eigenvalue weighted by atomic mass is 10.1. The first-order chi connectivity index (χ1) is 15.4. The summed E-state index contributed by atoms with van der Waals surface area (Å²) in [6.07, 6.45) is 3.77. The number of carbonyl (C=O) groups excluding carboxylic acids is 2. The molecule has 3 rings (SSSR count). The highest BCUT2D eigenvalue weighted by Gasteiger charge is 2.33. The highest BCUT2D eigenvalue weighted by Crippen LogP contribution is 2.39. The average Bonchev–Trinajstić information content (AvgIpc) is 3.05. The molecule has 0 bridgehead atoms. The van der Waals surface area contributed by atoms with E-state index in [0.717, 1.165) is 19.7 Å². The molecule has 0 spiro atoms. The molecule has 0 atom stereocenters. The second-order valence-corrected chi connectivity index (χ2v) is 10.1. The Kier molecular flexibility index (Phi) is 8.86. The Balaban J connectivity index is 1.91. The Morgan fingerprint density at radius 2 is 2.06 bits per heavy atom. The molecule has 6 nitrogen and oxygen atoms in total. The molecule has 10 heteroatoms. The minimum atomic E-state index is -0.485. The molecule has 168 valence electrons. The predicted octanol–water partition coefficient (Wildman–Crippen LogP) is 5.37. The van der Waals surface area contributed by atoms with Crippen molar-refractivity contribution in [2.45, 2.75) is 11.8 Å². The molecule has 1 heterocycles. The van der Waals surface area contributed by atoms with Gasteiger partial charge in [-0.15, -0.1) is 11.8 Å². The summed E-state index contributed by atoms with van der Waals surface area (Å²) in [6.45, 7) is 2.05. The lowest BCUT2D eigenvalue weighted by Gasteiger charge is -2.15. The Morgan fingerprint density at radius 1 is 1.28 bits per heavy atom. The summed E-state index contributed by atoms with van der Waals surface area (Å²) in [5.74, 6) is 0.285. The number of thioether (sulfide) groups is 2. The van der Waals surface area contributed by atoms with Crippen molar-refractivity contribution in [2.24, 2.45) is 0 Å². The fourth-order valence-electron chi connectivity index (χ4n) is 2.86. The van der Waals surface area contributed by atoms with Crippen molar-refractivity contribution in [3.8, 4) is 11.5 Å². The van der Waals surface area contributed by atoms with Crippen molar-refractivity contribution in [3.63, 3.8) is 0 Å². The summed E-state index contributed by atoms with van der Waals surface area (Å²) in [5, 5.41) is 0. The molecule has 2 aromatic rings. The molecule has 1 aliphatic rings. The van der Waals surface area contributed by atoms with E-state index in [2.05, 4.69) is 27.3 Å². The van der Waals surface area contributed by atoms with Crippen molar-refractivity contribution < 1.29 is 23.8 Å². The van der Waals surface area contributed by atoms with Crippen molar-refractivity contribution >= 4 is 86.3 Å². The molecule has 2 aromatic carbocycles. The number of hydrogen-bond acceptors (Lipinski definition) is 8. The van der Waals surface area contributed by atoms with E-state index < -0.39 is 5.97 Å². The zero-order valence-corrected chi connectivity index (χ0v) is 22.2. The van der Waals surface area contributed by atoms with Gasteiger partial charge in [-0.3, -0.25) is 9.69 Å². The molecule has 1 amide bonds. The van der Waals surface area contributed by atoms with E-state index in [9.17, 15) is 9.59 Å². The molecular weight excluding hydrogens is 581 g/mol. The number of methoxy groups -OCH3 is 1. The summed E-state index contributed by atoms with van der Waals surface area (Å²) in [6, 6.07) is 11.4. The van der Waals surface area contributed by atoms with Crippen LogP contribution in [-0.4, -0.2) is 42.8 Å². The van der Waals surface area contributed by atoms with Crippen LogP contribution in [0.2, 0.25) is 0 Å². The first kappa shape index (κ1) is 24.9. The van der Waals surface area contributed by atoms with E-state index in [1.807, 2.05) is 43.5 Å². The van der Waals surface area contributed by atoms with Crippen LogP contribution in [0.5, 0.6) is 11.5 Å². The van der Waals surface area contributed by atoms with Crippen LogP contribution < -0.4 is 14.4 Å². The highest BCUT2D eigenvalue weighted by atomic mass is 127. The predicted molar refractivity (Wildman–Crippen MR) is 142 cm³/mol. The Hall–Kier alpha value is -1.76. The van der Waals surface area contributed by atoms with Crippen LogP contribution in [0.1, 0.15) is 12.5 Å². The molecule has 0 N–H and O–H groups in total. The van der Waals surface area contributed by atoms with Crippen LogP contribution >= 0.6 is 58.3 Å². The van der Waals surface area contributed by atoms with Crippen LogP contribution in [0.25, 0.3) is 6.08 Å². The number of nitrogens with zero attached hydrogens (tertiary/aromatic N) is 1. The monoisotopic (exact) mass is 601 g/mol. The minimum Gasteiger partial charge on any atom is -0.490 e. The lowest BCUT2D eigenvalue weighted by Crippen LogP contribution is -2.27. The Labute approximate surface area is 214 Å². The van der Waals surface area contributed by atoms with Crippen LogP contribution in [0.3, 0.4) is 0 Å². The standard InChI is InChI=1S/C22H20INO5S3/c1-4-28-17-9-13(8-16(23)20(17)29-12-19(25)27-2)10-18-21(26)24(22(30)32-18)14-6-5-7-15(11-14)31-3/h5-11H,4,12H2,1-3H3/b18-10+. The van der Waals surface area contributed by atoms with E-state index in [1.54, 1.807) is 28.8 Å². The van der Waals surface area contributed by atoms with Crippen molar-refractivity contribution in [1.29, 1.82) is 0 Å². The normalized spacial score (nSPS) is 14.8. The third-order valence-corrected chi connectivity index (χ3v) is 7.13. The molecular formula is C22H20INO5S3. The minimum absolute atomic E-state index is 0.169. The number of benzene rings is 2. The quantitative estimate of drug-likeness (QED) is 0.132. The maximum Gasteiger partial charge on any atom is 0.343 e. The van der Waals surface area contributed by atoms with Gasteiger partial charge in [0.15, 0.2) is 22.4 Å². The van der Waals surface area contributed by atoms with Gasteiger partial charge in [-0.25, -0.2) is 4.79 Å². The second kappa shape index (κ2) is 11.4. The summed E-state index contributed by atoms with van der Waals surface area (Å²) in [5.41, 5.74) is 1.51. The molecule has 1 aliphatic heterocycles. The number of anilines is 1. The molecule has 0 saturated carbocycles. The number of esters is 1. The van der Waals surface area contributed by atoms with Gasteiger partial charge in [0.25, 0.3) is 5.91 Å². The number of halogens is 1. The molecule has 0 aliphatic carbocycles. The lowest BCUT2D eigenvalue weighted by molar-refractivity contribution is -0.142. The fourth-order valence-corrected chi connectivity index (χ4v) is 5.39. The summed E-state index contributed by atoms with van der Waals surface area (Å²) in [7, 11) is 1.30. The van der Waals surface area contributed by atoms with Gasteiger partial charge in [-0.05, 0) is 77.7 Å². The number of amides is 1. The van der Waals surface area contributed by atoms with E-state index in [-0.39, 0.29) is 12.5 Å². The number of thiocarbonyl (C=S) groups is 1. The van der Waals surface area contributed by atoms with Gasteiger partial charge in [0.05, 0.1) is 27.9 Å². The summed E-state index contributed by atoms with van der Waals surface area (Å²) in [4.78, 5) is 27.7.